The van der Waals surface area contributed by atoms with Crippen molar-refractivity contribution in [2.45, 2.75) is 18.8 Å². The largest absolute Gasteiger partial charge is 0.437 e. The molecule has 1 atom stereocenters. The molecule has 0 unspecified atom stereocenters. The highest BCUT2D eigenvalue weighted by molar-refractivity contribution is 5.78. The maximum atomic E-state index is 12.7. The van der Waals surface area contributed by atoms with Gasteiger partial charge >= 0.3 is 0 Å². The fourth-order valence-corrected chi connectivity index (χ4v) is 3.71. The van der Waals surface area contributed by atoms with Crippen LogP contribution < -0.4 is 4.74 Å². The van der Waals surface area contributed by atoms with Crippen molar-refractivity contribution in [2.24, 2.45) is 0 Å². The van der Waals surface area contributed by atoms with Crippen molar-refractivity contribution >= 4 is 5.91 Å². The molecule has 0 N–H and O–H groups in total. The Bertz CT molecular complexity index is 780. The van der Waals surface area contributed by atoms with Crippen molar-refractivity contribution in [1.29, 1.82) is 0 Å². The first-order chi connectivity index (χ1) is 13.8. The molecular formula is C21H26N4O3. The van der Waals surface area contributed by atoms with Crippen LogP contribution in [0, 0.1) is 0 Å². The van der Waals surface area contributed by atoms with Gasteiger partial charge in [0.2, 0.25) is 11.8 Å². The predicted octanol–water partition coefficient (Wildman–Crippen LogP) is 2.31. The Morgan fingerprint density at radius 3 is 2.79 bits per heavy atom. The van der Waals surface area contributed by atoms with E-state index in [1.807, 2.05) is 35.2 Å². The Balaban J connectivity index is 1.38. The normalized spacial score (nSPS) is 20.7. The van der Waals surface area contributed by atoms with Crippen LogP contribution in [0.3, 0.4) is 0 Å². The lowest BCUT2D eigenvalue weighted by atomic mass is 9.95. The first kappa shape index (κ1) is 18.8. The number of hydrogen-bond acceptors (Lipinski definition) is 6. The van der Waals surface area contributed by atoms with Crippen molar-refractivity contribution in [1.82, 2.24) is 19.8 Å². The number of para-hydroxylation sites is 1. The number of amides is 1. The second-order valence-electron chi connectivity index (χ2n) is 7.26. The van der Waals surface area contributed by atoms with Crippen LogP contribution in [-0.4, -0.2) is 71.6 Å². The summed E-state index contributed by atoms with van der Waals surface area (Å²) in [6.45, 7) is 5.04. The summed E-state index contributed by atoms with van der Waals surface area (Å²) in [5.74, 6) is 1.60. The van der Waals surface area contributed by atoms with Crippen molar-refractivity contribution in [3.8, 4) is 11.6 Å². The van der Waals surface area contributed by atoms with Crippen LogP contribution in [0.15, 0.2) is 42.7 Å². The molecule has 7 nitrogen and oxygen atoms in total. The van der Waals surface area contributed by atoms with Crippen molar-refractivity contribution < 1.29 is 14.3 Å². The van der Waals surface area contributed by atoms with Crippen LogP contribution in [0.5, 0.6) is 11.6 Å². The molecule has 2 saturated heterocycles. The fraction of sp³-hybridized carbons (Fsp3) is 0.476. The number of aromatic nitrogens is 2. The SMILES string of the molecule is O=C(CN1CCOCC1)N1CCC[C@H](c2cncc(Oc3ccccc3)n2)C1. The van der Waals surface area contributed by atoms with Gasteiger partial charge in [0, 0.05) is 38.3 Å². The lowest BCUT2D eigenvalue weighted by Gasteiger charge is -2.34. The van der Waals surface area contributed by atoms with Crippen LogP contribution in [0.25, 0.3) is 0 Å². The number of likely N-dealkylation sites (tertiary alicyclic amines) is 1. The topological polar surface area (TPSA) is 67.8 Å². The summed E-state index contributed by atoms with van der Waals surface area (Å²) in [6.07, 6.45) is 5.40. The van der Waals surface area contributed by atoms with Gasteiger partial charge in [0.25, 0.3) is 0 Å². The molecule has 1 amide bonds. The maximum absolute atomic E-state index is 12.7. The summed E-state index contributed by atoms with van der Waals surface area (Å²) in [7, 11) is 0. The van der Waals surface area contributed by atoms with Crippen LogP contribution in [0.2, 0.25) is 0 Å². The van der Waals surface area contributed by atoms with Gasteiger partial charge in [-0.1, -0.05) is 18.2 Å². The molecule has 7 heteroatoms. The lowest BCUT2D eigenvalue weighted by molar-refractivity contribution is -0.134. The number of benzene rings is 1. The molecule has 148 valence electrons. The summed E-state index contributed by atoms with van der Waals surface area (Å²) >= 11 is 0. The van der Waals surface area contributed by atoms with Gasteiger partial charge in [0.05, 0.1) is 31.6 Å². The molecule has 2 aliphatic heterocycles. The third kappa shape index (κ3) is 4.85. The molecule has 2 fully saturated rings. The minimum absolute atomic E-state index is 0.189. The molecule has 1 aromatic carbocycles. The number of ether oxygens (including phenoxy) is 2. The van der Waals surface area contributed by atoms with Gasteiger partial charge < -0.3 is 14.4 Å². The van der Waals surface area contributed by atoms with Crippen LogP contribution >= 0.6 is 0 Å². The zero-order chi connectivity index (χ0) is 19.2. The molecule has 0 radical (unpaired) electrons. The summed E-state index contributed by atoms with van der Waals surface area (Å²) in [6, 6.07) is 9.57. The molecule has 0 aliphatic carbocycles. The van der Waals surface area contributed by atoms with Crippen LogP contribution in [0.4, 0.5) is 0 Å². The second kappa shape index (κ2) is 9.12. The van der Waals surface area contributed by atoms with E-state index in [1.165, 1.54) is 0 Å². The van der Waals surface area contributed by atoms with E-state index in [4.69, 9.17) is 9.47 Å². The van der Waals surface area contributed by atoms with Gasteiger partial charge in [-0.15, -0.1) is 0 Å². The van der Waals surface area contributed by atoms with Crippen molar-refractivity contribution in [2.75, 3.05) is 45.9 Å². The third-order valence-electron chi connectivity index (χ3n) is 5.25. The number of hydrogen-bond donors (Lipinski definition) is 0. The van der Waals surface area contributed by atoms with Gasteiger partial charge in [-0.3, -0.25) is 14.7 Å². The minimum atomic E-state index is 0.189. The van der Waals surface area contributed by atoms with E-state index in [9.17, 15) is 4.79 Å². The molecule has 0 bridgehead atoms. The van der Waals surface area contributed by atoms with Crippen LogP contribution in [-0.2, 0) is 9.53 Å². The average Bonchev–Trinajstić information content (AvgIpc) is 2.75. The molecule has 2 aromatic rings. The molecular weight excluding hydrogens is 356 g/mol. The van der Waals surface area contributed by atoms with E-state index < -0.39 is 0 Å². The Labute approximate surface area is 165 Å². The number of carbonyl (C=O) groups is 1. The van der Waals surface area contributed by atoms with Gasteiger partial charge in [-0.2, -0.15) is 0 Å². The smallest absolute Gasteiger partial charge is 0.238 e. The summed E-state index contributed by atoms with van der Waals surface area (Å²) in [4.78, 5) is 25.8. The van der Waals surface area contributed by atoms with E-state index in [0.717, 1.165) is 43.9 Å². The molecule has 2 aliphatic rings. The standard InChI is InChI=1S/C21H26N4O3/c26-21(16-24-9-11-27-12-10-24)25-8-4-5-17(15-25)19-13-22-14-20(23-19)28-18-6-2-1-3-7-18/h1-3,6-7,13-14,17H,4-5,8-12,15-16H2/t17-/m0/s1. The third-order valence-corrected chi connectivity index (χ3v) is 5.25. The molecule has 4 rings (SSSR count). The number of nitrogens with zero attached hydrogens (tertiary/aromatic N) is 4. The highest BCUT2D eigenvalue weighted by atomic mass is 16.5. The van der Waals surface area contributed by atoms with E-state index in [-0.39, 0.29) is 11.8 Å². The first-order valence-corrected chi connectivity index (χ1v) is 9.90. The first-order valence-electron chi connectivity index (χ1n) is 9.90. The molecule has 28 heavy (non-hydrogen) atoms. The van der Waals surface area contributed by atoms with E-state index in [2.05, 4.69) is 14.9 Å². The van der Waals surface area contributed by atoms with E-state index in [1.54, 1.807) is 12.4 Å². The van der Waals surface area contributed by atoms with Gasteiger partial charge in [0.1, 0.15) is 5.75 Å². The Hall–Kier alpha value is -2.51. The molecule has 0 spiro atoms. The summed E-state index contributed by atoms with van der Waals surface area (Å²) in [5.41, 5.74) is 0.886. The fourth-order valence-electron chi connectivity index (χ4n) is 3.71. The zero-order valence-electron chi connectivity index (χ0n) is 16.0. The highest BCUT2D eigenvalue weighted by Crippen LogP contribution is 2.27. The molecule has 0 saturated carbocycles. The minimum Gasteiger partial charge on any atom is -0.437 e. The van der Waals surface area contributed by atoms with Gasteiger partial charge in [-0.25, -0.2) is 4.98 Å². The molecule has 1 aromatic heterocycles. The van der Waals surface area contributed by atoms with Crippen molar-refractivity contribution in [3.05, 3.63) is 48.4 Å². The van der Waals surface area contributed by atoms with Crippen molar-refractivity contribution in [3.63, 3.8) is 0 Å². The Kier molecular flexibility index (Phi) is 6.14. The van der Waals surface area contributed by atoms with E-state index >= 15 is 0 Å². The predicted molar refractivity (Wildman–Crippen MR) is 104 cm³/mol. The quantitative estimate of drug-likeness (QED) is 0.791. The number of morpholine rings is 1. The Morgan fingerprint density at radius 2 is 1.96 bits per heavy atom. The summed E-state index contributed by atoms with van der Waals surface area (Å²) < 4.78 is 11.2. The zero-order valence-corrected chi connectivity index (χ0v) is 16.0. The molecule has 3 heterocycles. The lowest BCUT2D eigenvalue weighted by Crippen LogP contribution is -2.47. The Morgan fingerprint density at radius 1 is 1.14 bits per heavy atom. The number of rotatable bonds is 5. The van der Waals surface area contributed by atoms with Crippen LogP contribution in [0.1, 0.15) is 24.5 Å². The van der Waals surface area contributed by atoms with E-state index in [0.29, 0.717) is 32.2 Å². The monoisotopic (exact) mass is 382 g/mol. The van der Waals surface area contributed by atoms with Gasteiger partial charge in [0.15, 0.2) is 0 Å². The maximum Gasteiger partial charge on any atom is 0.238 e. The highest BCUT2D eigenvalue weighted by Gasteiger charge is 2.27. The summed E-state index contributed by atoms with van der Waals surface area (Å²) in [5, 5.41) is 0. The average molecular weight is 382 g/mol. The second-order valence-corrected chi connectivity index (χ2v) is 7.26. The number of piperidine rings is 1. The van der Waals surface area contributed by atoms with Gasteiger partial charge in [-0.05, 0) is 25.0 Å². The number of carbonyl (C=O) groups excluding carboxylic acids is 1.